The molecule has 2 unspecified atom stereocenters. The van der Waals surface area contributed by atoms with E-state index in [1.807, 2.05) is 19.1 Å². The van der Waals surface area contributed by atoms with Gasteiger partial charge in [-0.15, -0.1) is 0 Å². The molecule has 0 N–H and O–H groups in total. The van der Waals surface area contributed by atoms with Gasteiger partial charge in [-0.2, -0.15) is 5.26 Å². The van der Waals surface area contributed by atoms with Crippen molar-refractivity contribution in [2.24, 2.45) is 0 Å². The second-order valence-corrected chi connectivity index (χ2v) is 10.5. The molecule has 20 heavy (non-hydrogen) atoms. The van der Waals surface area contributed by atoms with Crippen LogP contribution in [0, 0.1) is 11.3 Å². The molecule has 0 spiro atoms. The highest BCUT2D eigenvalue weighted by atomic mass is 28.4. The zero-order chi connectivity index (χ0) is 14.9. The van der Waals surface area contributed by atoms with E-state index in [4.69, 9.17) is 13.9 Å². The molecule has 0 fully saturated rings. The van der Waals surface area contributed by atoms with Crippen molar-refractivity contribution < 1.29 is 13.9 Å². The van der Waals surface area contributed by atoms with Gasteiger partial charge in [0.15, 0.2) is 14.4 Å². The molecule has 0 bridgehead atoms. The number of benzene rings is 1. The third-order valence-corrected chi connectivity index (χ3v) is 4.06. The van der Waals surface area contributed by atoms with Crippen LogP contribution in [0.15, 0.2) is 12.1 Å². The van der Waals surface area contributed by atoms with Crippen molar-refractivity contribution in [2.45, 2.75) is 45.2 Å². The van der Waals surface area contributed by atoms with E-state index in [2.05, 4.69) is 25.7 Å². The Bertz CT molecular complexity index is 545. The molecular weight excluding hydrogens is 270 g/mol. The Morgan fingerprint density at radius 2 is 2.10 bits per heavy atom. The SMILES string of the molecule is COc1cc2c(cc1C(C#N)O[Si](C)(C)C)OC(C)C2. The fourth-order valence-corrected chi connectivity index (χ4v) is 3.24. The number of fused-ring (bicyclic) bond motifs is 1. The van der Waals surface area contributed by atoms with Crippen LogP contribution in [0.25, 0.3) is 0 Å². The number of nitriles is 1. The van der Waals surface area contributed by atoms with Gasteiger partial charge in [0.05, 0.1) is 13.2 Å². The largest absolute Gasteiger partial charge is 0.496 e. The first-order valence-corrected chi connectivity index (χ1v) is 10.2. The van der Waals surface area contributed by atoms with Crippen LogP contribution in [0.1, 0.15) is 24.2 Å². The lowest BCUT2D eigenvalue weighted by Gasteiger charge is -2.23. The molecule has 1 aromatic carbocycles. The fourth-order valence-electron chi connectivity index (χ4n) is 2.35. The lowest BCUT2D eigenvalue weighted by atomic mass is 10.0. The molecule has 2 atom stereocenters. The zero-order valence-electron chi connectivity index (χ0n) is 12.7. The zero-order valence-corrected chi connectivity index (χ0v) is 13.7. The van der Waals surface area contributed by atoms with Crippen molar-refractivity contribution >= 4 is 8.32 Å². The highest BCUT2D eigenvalue weighted by Gasteiger charge is 2.28. The highest BCUT2D eigenvalue weighted by Crippen LogP contribution is 2.39. The van der Waals surface area contributed by atoms with Gasteiger partial charge < -0.3 is 13.9 Å². The van der Waals surface area contributed by atoms with E-state index in [1.54, 1.807) is 7.11 Å². The lowest BCUT2D eigenvalue weighted by Crippen LogP contribution is -2.27. The fraction of sp³-hybridized carbons (Fsp3) is 0.533. The first-order valence-electron chi connectivity index (χ1n) is 6.79. The lowest BCUT2D eigenvalue weighted by molar-refractivity contribution is 0.242. The minimum Gasteiger partial charge on any atom is -0.496 e. The van der Waals surface area contributed by atoms with Gasteiger partial charge in [-0.1, -0.05) is 0 Å². The van der Waals surface area contributed by atoms with Crippen molar-refractivity contribution in [1.29, 1.82) is 5.26 Å². The minimum atomic E-state index is -1.82. The van der Waals surface area contributed by atoms with Crippen LogP contribution in [0.2, 0.25) is 19.6 Å². The van der Waals surface area contributed by atoms with Crippen LogP contribution in [0.3, 0.4) is 0 Å². The Balaban J connectivity index is 2.40. The molecule has 5 heteroatoms. The van der Waals surface area contributed by atoms with Crippen molar-refractivity contribution in [3.05, 3.63) is 23.3 Å². The Hall–Kier alpha value is -1.51. The summed E-state index contributed by atoms with van der Waals surface area (Å²) in [7, 11) is -0.199. The molecule has 1 aliphatic heterocycles. The van der Waals surface area contributed by atoms with Gasteiger partial charge in [0, 0.05) is 17.5 Å². The standard InChI is InChI=1S/C15H21NO3Si/c1-10-6-11-7-14(17-2)12(8-13(11)18-10)15(9-16)19-20(3,4)5/h7-8,10,15H,6H2,1-5H3. The summed E-state index contributed by atoms with van der Waals surface area (Å²) in [5, 5.41) is 9.41. The summed E-state index contributed by atoms with van der Waals surface area (Å²) in [5.41, 5.74) is 1.88. The first kappa shape index (κ1) is 14.9. The Morgan fingerprint density at radius 1 is 1.40 bits per heavy atom. The third-order valence-electron chi connectivity index (χ3n) is 3.12. The molecular formula is C15H21NO3Si. The predicted molar refractivity (Wildman–Crippen MR) is 79.6 cm³/mol. The van der Waals surface area contributed by atoms with E-state index in [0.717, 1.165) is 23.3 Å². The quantitative estimate of drug-likeness (QED) is 0.797. The van der Waals surface area contributed by atoms with E-state index in [0.29, 0.717) is 5.75 Å². The van der Waals surface area contributed by atoms with Crippen LogP contribution in [-0.2, 0) is 10.8 Å². The van der Waals surface area contributed by atoms with Gasteiger partial charge in [0.25, 0.3) is 0 Å². The molecule has 1 aromatic rings. The van der Waals surface area contributed by atoms with Gasteiger partial charge >= 0.3 is 0 Å². The van der Waals surface area contributed by atoms with Crippen molar-refractivity contribution in [1.82, 2.24) is 0 Å². The van der Waals surface area contributed by atoms with Gasteiger partial charge in [-0.3, -0.25) is 0 Å². The predicted octanol–water partition coefficient (Wildman–Crippen LogP) is 3.43. The van der Waals surface area contributed by atoms with E-state index in [1.165, 1.54) is 0 Å². The van der Waals surface area contributed by atoms with Gasteiger partial charge in [-0.25, -0.2) is 0 Å². The summed E-state index contributed by atoms with van der Waals surface area (Å²) in [6.07, 6.45) is 0.433. The molecule has 0 aromatic heterocycles. The molecule has 1 aliphatic rings. The maximum absolute atomic E-state index is 9.41. The molecule has 108 valence electrons. The average Bonchev–Trinajstić information content (AvgIpc) is 2.72. The summed E-state index contributed by atoms with van der Waals surface area (Å²) in [4.78, 5) is 0. The number of nitrogens with zero attached hydrogens (tertiary/aromatic N) is 1. The summed E-state index contributed by atoms with van der Waals surface area (Å²) in [5.74, 6) is 1.54. The molecule has 0 amide bonds. The highest BCUT2D eigenvalue weighted by molar-refractivity contribution is 6.69. The van der Waals surface area contributed by atoms with Gasteiger partial charge in [0.2, 0.25) is 0 Å². The van der Waals surface area contributed by atoms with Crippen molar-refractivity contribution in [3.63, 3.8) is 0 Å². The maximum Gasteiger partial charge on any atom is 0.186 e. The molecule has 2 rings (SSSR count). The second kappa shape index (κ2) is 5.47. The summed E-state index contributed by atoms with van der Waals surface area (Å²) in [6, 6.07) is 6.09. The van der Waals surface area contributed by atoms with Crippen LogP contribution < -0.4 is 9.47 Å². The van der Waals surface area contributed by atoms with Crippen LogP contribution >= 0.6 is 0 Å². The minimum absolute atomic E-state index is 0.170. The molecule has 1 heterocycles. The Kier molecular flexibility index (Phi) is 4.07. The average molecular weight is 291 g/mol. The van der Waals surface area contributed by atoms with Crippen LogP contribution in [0.5, 0.6) is 11.5 Å². The second-order valence-electron chi connectivity index (χ2n) is 6.07. The smallest absolute Gasteiger partial charge is 0.186 e. The topological polar surface area (TPSA) is 51.5 Å². The summed E-state index contributed by atoms with van der Waals surface area (Å²) in [6.45, 7) is 8.23. The van der Waals surface area contributed by atoms with Crippen molar-refractivity contribution in [3.8, 4) is 17.6 Å². The van der Waals surface area contributed by atoms with E-state index in [9.17, 15) is 5.26 Å². The van der Waals surface area contributed by atoms with Crippen molar-refractivity contribution in [2.75, 3.05) is 7.11 Å². The molecule has 0 aliphatic carbocycles. The van der Waals surface area contributed by atoms with Crippen LogP contribution in [0.4, 0.5) is 0 Å². The monoisotopic (exact) mass is 291 g/mol. The molecule has 0 saturated carbocycles. The first-order chi connectivity index (χ1) is 9.34. The summed E-state index contributed by atoms with van der Waals surface area (Å²) < 4.78 is 17.1. The van der Waals surface area contributed by atoms with Gasteiger partial charge in [0.1, 0.15) is 17.6 Å². The van der Waals surface area contributed by atoms with E-state index < -0.39 is 14.4 Å². The Morgan fingerprint density at radius 3 is 2.65 bits per heavy atom. The third kappa shape index (κ3) is 3.14. The van der Waals surface area contributed by atoms with E-state index >= 15 is 0 Å². The molecule has 0 radical (unpaired) electrons. The number of hydrogen-bond donors (Lipinski definition) is 0. The number of rotatable bonds is 4. The normalized spacial score (nSPS) is 18.9. The van der Waals surface area contributed by atoms with E-state index in [-0.39, 0.29) is 6.10 Å². The van der Waals surface area contributed by atoms with Gasteiger partial charge in [-0.05, 0) is 38.7 Å². The number of ether oxygens (including phenoxy) is 2. The molecule has 0 saturated heterocycles. The summed E-state index contributed by atoms with van der Waals surface area (Å²) >= 11 is 0. The van der Waals surface area contributed by atoms with Crippen LogP contribution in [-0.4, -0.2) is 21.5 Å². The number of hydrogen-bond acceptors (Lipinski definition) is 4. The Labute approximate surface area is 121 Å². The number of methoxy groups -OCH3 is 1. The maximum atomic E-state index is 9.41. The molecule has 4 nitrogen and oxygen atoms in total.